The summed E-state index contributed by atoms with van der Waals surface area (Å²) in [6.45, 7) is 0. The minimum Gasteiger partial charge on any atom is -0.324 e. The third-order valence-electron chi connectivity index (χ3n) is 2.39. The fourth-order valence-electron chi connectivity index (χ4n) is 1.57. The van der Waals surface area contributed by atoms with Gasteiger partial charge < -0.3 is 5.73 Å². The monoisotopic (exact) mass is 363 g/mol. The standard InChI is InChI=1S/C12H11ClINS/c13-9-1-2-11(14)10(6-9)12(15)5-8-3-4-16-7-8/h1-4,6-7,12H,5,15H2. The minimum atomic E-state index is 0.0141. The first kappa shape index (κ1) is 12.4. The smallest absolute Gasteiger partial charge is 0.0410 e. The molecule has 0 bridgehead atoms. The minimum absolute atomic E-state index is 0.0141. The van der Waals surface area contributed by atoms with Crippen LogP contribution in [-0.2, 0) is 6.42 Å². The molecule has 0 radical (unpaired) electrons. The quantitative estimate of drug-likeness (QED) is 0.811. The Morgan fingerprint density at radius 1 is 1.38 bits per heavy atom. The average molecular weight is 364 g/mol. The van der Waals surface area contributed by atoms with Gasteiger partial charge in [0.15, 0.2) is 0 Å². The van der Waals surface area contributed by atoms with Crippen LogP contribution in [0.3, 0.4) is 0 Å². The molecule has 1 aromatic heterocycles. The van der Waals surface area contributed by atoms with Gasteiger partial charge in [-0.3, -0.25) is 0 Å². The molecule has 0 saturated heterocycles. The summed E-state index contributed by atoms with van der Waals surface area (Å²) in [6.07, 6.45) is 0.861. The van der Waals surface area contributed by atoms with Gasteiger partial charge in [0.25, 0.3) is 0 Å². The molecule has 1 unspecified atom stereocenters. The maximum atomic E-state index is 6.20. The van der Waals surface area contributed by atoms with Gasteiger partial charge in [-0.15, -0.1) is 0 Å². The summed E-state index contributed by atoms with van der Waals surface area (Å²) in [5.41, 5.74) is 8.61. The van der Waals surface area contributed by atoms with Crippen molar-refractivity contribution < 1.29 is 0 Å². The molecule has 0 aliphatic carbocycles. The number of nitrogens with two attached hydrogens (primary N) is 1. The highest BCUT2D eigenvalue weighted by molar-refractivity contribution is 14.1. The zero-order valence-electron chi connectivity index (χ0n) is 8.49. The predicted octanol–water partition coefficient (Wildman–Crippen LogP) is 4.25. The summed E-state index contributed by atoms with van der Waals surface area (Å²) in [7, 11) is 0. The summed E-state index contributed by atoms with van der Waals surface area (Å²) in [5, 5.41) is 4.96. The molecule has 0 spiro atoms. The lowest BCUT2D eigenvalue weighted by atomic mass is 10.0. The van der Waals surface area contributed by atoms with Crippen molar-refractivity contribution in [2.75, 3.05) is 0 Å². The number of halogens is 2. The Labute approximate surface area is 118 Å². The van der Waals surface area contributed by atoms with Crippen LogP contribution in [0, 0.1) is 3.57 Å². The number of hydrogen-bond donors (Lipinski definition) is 1. The maximum Gasteiger partial charge on any atom is 0.0410 e. The molecule has 1 nitrogen and oxygen atoms in total. The first-order valence-corrected chi connectivity index (χ1v) is 7.28. The largest absolute Gasteiger partial charge is 0.324 e. The van der Waals surface area contributed by atoms with E-state index in [2.05, 4.69) is 39.4 Å². The molecule has 1 heterocycles. The number of thiophene rings is 1. The molecule has 0 aliphatic rings. The number of rotatable bonds is 3. The van der Waals surface area contributed by atoms with Crippen LogP contribution >= 0.6 is 45.5 Å². The molecule has 2 rings (SSSR count). The van der Waals surface area contributed by atoms with E-state index in [1.54, 1.807) is 11.3 Å². The molecule has 0 amide bonds. The van der Waals surface area contributed by atoms with Crippen LogP contribution in [0.4, 0.5) is 0 Å². The van der Waals surface area contributed by atoms with Crippen molar-refractivity contribution in [1.29, 1.82) is 0 Å². The Bertz CT molecular complexity index is 470. The Morgan fingerprint density at radius 2 is 2.19 bits per heavy atom. The summed E-state index contributed by atoms with van der Waals surface area (Å²) in [4.78, 5) is 0. The van der Waals surface area contributed by atoms with Crippen LogP contribution < -0.4 is 5.73 Å². The van der Waals surface area contributed by atoms with E-state index in [4.69, 9.17) is 17.3 Å². The molecular weight excluding hydrogens is 353 g/mol. The van der Waals surface area contributed by atoms with Gasteiger partial charge in [0.2, 0.25) is 0 Å². The second-order valence-electron chi connectivity index (χ2n) is 3.61. The highest BCUT2D eigenvalue weighted by Gasteiger charge is 2.11. The van der Waals surface area contributed by atoms with Crippen molar-refractivity contribution >= 4 is 45.5 Å². The van der Waals surface area contributed by atoms with Gasteiger partial charge in [-0.25, -0.2) is 0 Å². The highest BCUT2D eigenvalue weighted by Crippen LogP contribution is 2.25. The summed E-state index contributed by atoms with van der Waals surface area (Å²) < 4.78 is 1.17. The van der Waals surface area contributed by atoms with Crippen LogP contribution in [-0.4, -0.2) is 0 Å². The second kappa shape index (κ2) is 5.49. The van der Waals surface area contributed by atoms with E-state index in [0.717, 1.165) is 17.0 Å². The SMILES string of the molecule is NC(Cc1ccsc1)c1cc(Cl)ccc1I. The molecule has 2 aromatic rings. The normalized spacial score (nSPS) is 12.7. The summed E-state index contributed by atoms with van der Waals surface area (Å²) in [6, 6.07) is 7.98. The van der Waals surface area contributed by atoms with Crippen LogP contribution in [0.15, 0.2) is 35.0 Å². The van der Waals surface area contributed by atoms with Gasteiger partial charge in [-0.1, -0.05) is 11.6 Å². The topological polar surface area (TPSA) is 26.0 Å². The van der Waals surface area contributed by atoms with E-state index in [1.807, 2.05) is 18.2 Å². The average Bonchev–Trinajstić information content (AvgIpc) is 2.74. The van der Waals surface area contributed by atoms with E-state index < -0.39 is 0 Å². The van der Waals surface area contributed by atoms with Crippen molar-refractivity contribution in [2.24, 2.45) is 5.73 Å². The molecule has 1 atom stereocenters. The maximum absolute atomic E-state index is 6.20. The first-order valence-electron chi connectivity index (χ1n) is 4.88. The van der Waals surface area contributed by atoms with Gasteiger partial charge in [-0.2, -0.15) is 11.3 Å². The lowest BCUT2D eigenvalue weighted by Gasteiger charge is -2.13. The van der Waals surface area contributed by atoms with E-state index in [-0.39, 0.29) is 6.04 Å². The zero-order valence-corrected chi connectivity index (χ0v) is 12.2. The van der Waals surface area contributed by atoms with Crippen molar-refractivity contribution in [3.63, 3.8) is 0 Å². The molecule has 0 fully saturated rings. The van der Waals surface area contributed by atoms with Gasteiger partial charge in [0.1, 0.15) is 0 Å². The van der Waals surface area contributed by atoms with Crippen molar-refractivity contribution in [3.05, 3.63) is 54.7 Å². The molecule has 4 heteroatoms. The first-order chi connectivity index (χ1) is 7.66. The third kappa shape index (κ3) is 2.97. The number of benzene rings is 1. The van der Waals surface area contributed by atoms with E-state index >= 15 is 0 Å². The van der Waals surface area contributed by atoms with Crippen molar-refractivity contribution in [2.45, 2.75) is 12.5 Å². The predicted molar refractivity (Wildman–Crippen MR) is 79.1 cm³/mol. The molecule has 16 heavy (non-hydrogen) atoms. The zero-order chi connectivity index (χ0) is 11.5. The lowest BCUT2D eigenvalue weighted by molar-refractivity contribution is 0.720. The molecule has 0 saturated carbocycles. The Hall–Kier alpha value is -0.100. The van der Waals surface area contributed by atoms with Gasteiger partial charge in [0.05, 0.1) is 0 Å². The van der Waals surface area contributed by atoms with Crippen LogP contribution in [0.25, 0.3) is 0 Å². The molecular formula is C12H11ClINS. The second-order valence-corrected chi connectivity index (χ2v) is 5.99. The lowest BCUT2D eigenvalue weighted by Crippen LogP contribution is -2.14. The molecule has 84 valence electrons. The van der Waals surface area contributed by atoms with Crippen LogP contribution in [0.2, 0.25) is 5.02 Å². The van der Waals surface area contributed by atoms with Crippen molar-refractivity contribution in [1.82, 2.24) is 0 Å². The highest BCUT2D eigenvalue weighted by atomic mass is 127. The fraction of sp³-hybridized carbons (Fsp3) is 0.167. The Morgan fingerprint density at radius 3 is 2.88 bits per heavy atom. The summed E-state index contributed by atoms with van der Waals surface area (Å²) in [5.74, 6) is 0. The van der Waals surface area contributed by atoms with Crippen LogP contribution in [0.1, 0.15) is 17.2 Å². The summed E-state index contributed by atoms with van der Waals surface area (Å²) >= 11 is 9.98. The number of hydrogen-bond acceptors (Lipinski definition) is 2. The molecule has 0 aliphatic heterocycles. The van der Waals surface area contributed by atoms with Crippen molar-refractivity contribution in [3.8, 4) is 0 Å². The van der Waals surface area contributed by atoms with E-state index in [9.17, 15) is 0 Å². The Balaban J connectivity index is 2.20. The van der Waals surface area contributed by atoms with E-state index in [1.165, 1.54) is 9.13 Å². The van der Waals surface area contributed by atoms with Gasteiger partial charge in [0, 0.05) is 14.6 Å². The Kier molecular flexibility index (Phi) is 4.24. The van der Waals surface area contributed by atoms with Gasteiger partial charge in [-0.05, 0) is 75.2 Å². The third-order valence-corrected chi connectivity index (χ3v) is 4.34. The van der Waals surface area contributed by atoms with E-state index in [0.29, 0.717) is 0 Å². The molecule has 2 N–H and O–H groups in total. The fourth-order valence-corrected chi connectivity index (χ4v) is 3.17. The molecule has 1 aromatic carbocycles. The van der Waals surface area contributed by atoms with Crippen LogP contribution in [0.5, 0.6) is 0 Å². The van der Waals surface area contributed by atoms with Gasteiger partial charge >= 0.3 is 0 Å².